The Morgan fingerprint density at radius 2 is 2.29 bits per heavy atom. The van der Waals surface area contributed by atoms with Gasteiger partial charge in [-0.1, -0.05) is 11.6 Å². The van der Waals surface area contributed by atoms with E-state index in [9.17, 15) is 13.2 Å². The minimum atomic E-state index is -3.31. The van der Waals surface area contributed by atoms with Gasteiger partial charge >= 0.3 is 6.03 Å². The van der Waals surface area contributed by atoms with Crippen molar-refractivity contribution in [2.24, 2.45) is 0 Å². The first-order valence-corrected chi connectivity index (χ1v) is 9.37. The molecule has 0 aromatic carbocycles. The van der Waals surface area contributed by atoms with Crippen LogP contribution in [0.3, 0.4) is 0 Å². The van der Waals surface area contributed by atoms with E-state index in [-0.39, 0.29) is 30.2 Å². The smallest absolute Gasteiger partial charge is 0.322 e. The van der Waals surface area contributed by atoms with E-state index in [4.69, 9.17) is 21.1 Å². The number of rotatable bonds is 5. The molecule has 0 bridgehead atoms. The van der Waals surface area contributed by atoms with Gasteiger partial charge in [0.1, 0.15) is 5.15 Å². The van der Waals surface area contributed by atoms with Crippen LogP contribution >= 0.6 is 11.6 Å². The third-order valence-electron chi connectivity index (χ3n) is 3.23. The van der Waals surface area contributed by atoms with E-state index in [1.54, 1.807) is 11.0 Å². The van der Waals surface area contributed by atoms with Crippen LogP contribution in [0.5, 0.6) is 5.88 Å². The quantitative estimate of drug-likeness (QED) is 0.723. The highest BCUT2D eigenvalue weighted by Gasteiger charge is 2.25. The molecule has 1 saturated heterocycles. The van der Waals surface area contributed by atoms with Crippen molar-refractivity contribution >= 4 is 33.3 Å². The van der Waals surface area contributed by atoms with E-state index in [1.807, 2.05) is 0 Å². The summed E-state index contributed by atoms with van der Waals surface area (Å²) in [7, 11) is -1.86. The Labute approximate surface area is 145 Å². The first-order chi connectivity index (χ1) is 11.3. The van der Waals surface area contributed by atoms with Crippen LogP contribution in [0.15, 0.2) is 12.1 Å². The van der Waals surface area contributed by atoms with Crippen molar-refractivity contribution in [1.82, 2.24) is 14.6 Å². The van der Waals surface area contributed by atoms with Gasteiger partial charge in [0.2, 0.25) is 15.9 Å². The molecule has 0 saturated carbocycles. The van der Waals surface area contributed by atoms with Crippen LogP contribution in [-0.4, -0.2) is 70.0 Å². The van der Waals surface area contributed by atoms with Crippen LogP contribution in [-0.2, 0) is 14.8 Å². The molecule has 24 heavy (non-hydrogen) atoms. The van der Waals surface area contributed by atoms with Crippen molar-refractivity contribution in [3.8, 4) is 5.88 Å². The van der Waals surface area contributed by atoms with Crippen LogP contribution in [0.25, 0.3) is 0 Å². The molecule has 1 aromatic rings. The number of morpholine rings is 1. The maximum Gasteiger partial charge on any atom is 0.322 e. The van der Waals surface area contributed by atoms with Crippen molar-refractivity contribution in [2.45, 2.75) is 6.10 Å². The van der Waals surface area contributed by atoms with Gasteiger partial charge in [-0.25, -0.2) is 22.9 Å². The van der Waals surface area contributed by atoms with Crippen LogP contribution < -0.4 is 14.8 Å². The summed E-state index contributed by atoms with van der Waals surface area (Å²) in [6.45, 7) is 1.10. The van der Waals surface area contributed by atoms with Gasteiger partial charge < -0.3 is 19.7 Å². The van der Waals surface area contributed by atoms with E-state index >= 15 is 0 Å². The Balaban J connectivity index is 1.95. The summed E-state index contributed by atoms with van der Waals surface area (Å²) in [5, 5.41) is 2.90. The summed E-state index contributed by atoms with van der Waals surface area (Å²) in [6, 6.07) is 2.71. The lowest BCUT2D eigenvalue weighted by Crippen LogP contribution is -2.50. The molecular formula is C13H19ClN4O5S. The number of hydrogen-bond donors (Lipinski definition) is 2. The van der Waals surface area contributed by atoms with E-state index in [0.29, 0.717) is 18.8 Å². The van der Waals surface area contributed by atoms with Crippen LogP contribution in [0.2, 0.25) is 5.15 Å². The number of carbonyl (C=O) groups excluding carboxylic acids is 1. The lowest BCUT2D eigenvalue weighted by atomic mass is 10.3. The second kappa shape index (κ2) is 7.97. The molecule has 9 nitrogen and oxygen atoms in total. The van der Waals surface area contributed by atoms with Gasteiger partial charge in [0.15, 0.2) is 0 Å². The van der Waals surface area contributed by atoms with Crippen molar-refractivity contribution in [2.75, 3.05) is 44.9 Å². The molecule has 2 amide bonds. The number of halogens is 1. The Hall–Kier alpha value is -1.62. The Bertz CT molecular complexity index is 700. The molecule has 0 aliphatic carbocycles. The van der Waals surface area contributed by atoms with Gasteiger partial charge in [-0.2, -0.15) is 0 Å². The van der Waals surface area contributed by atoms with Gasteiger partial charge in [0.25, 0.3) is 0 Å². The van der Waals surface area contributed by atoms with Crippen molar-refractivity contribution in [3.05, 3.63) is 17.3 Å². The van der Waals surface area contributed by atoms with Crippen molar-refractivity contribution in [1.29, 1.82) is 0 Å². The number of nitrogens with zero attached hydrogens (tertiary/aromatic N) is 2. The second-order valence-electron chi connectivity index (χ2n) is 5.21. The Kier molecular flexibility index (Phi) is 6.21. The summed E-state index contributed by atoms with van der Waals surface area (Å²) in [5.74, 6) is 0.287. The molecule has 0 spiro atoms. The zero-order valence-corrected chi connectivity index (χ0v) is 14.9. The molecule has 2 N–H and O–H groups in total. The SMILES string of the molecule is COc1cc(NC(=O)N2CCOC(CNS(C)(=O)=O)C2)cc(Cl)n1. The van der Waals surface area contributed by atoms with Gasteiger partial charge in [0, 0.05) is 25.7 Å². The van der Waals surface area contributed by atoms with Gasteiger partial charge in [-0.3, -0.25) is 0 Å². The molecule has 1 atom stereocenters. The first-order valence-electron chi connectivity index (χ1n) is 7.10. The second-order valence-corrected chi connectivity index (χ2v) is 7.43. The average Bonchev–Trinajstić information content (AvgIpc) is 2.52. The number of carbonyl (C=O) groups is 1. The summed E-state index contributed by atoms with van der Waals surface area (Å²) in [6.07, 6.45) is 0.663. The summed E-state index contributed by atoms with van der Waals surface area (Å²) in [4.78, 5) is 17.8. The van der Waals surface area contributed by atoms with Crippen LogP contribution in [0, 0.1) is 0 Å². The fourth-order valence-electron chi connectivity index (χ4n) is 2.12. The lowest BCUT2D eigenvalue weighted by molar-refractivity contribution is -0.00836. The maximum atomic E-state index is 12.3. The van der Waals surface area contributed by atoms with E-state index in [0.717, 1.165) is 6.26 Å². The lowest BCUT2D eigenvalue weighted by Gasteiger charge is -2.32. The fraction of sp³-hybridized carbons (Fsp3) is 0.538. The van der Waals surface area contributed by atoms with Crippen molar-refractivity contribution in [3.63, 3.8) is 0 Å². The number of methoxy groups -OCH3 is 1. The normalized spacial score (nSPS) is 18.3. The summed E-state index contributed by atoms with van der Waals surface area (Å²) in [5.41, 5.74) is 0.453. The number of aromatic nitrogens is 1. The largest absolute Gasteiger partial charge is 0.481 e. The number of hydrogen-bond acceptors (Lipinski definition) is 6. The number of anilines is 1. The third kappa shape index (κ3) is 5.78. The molecule has 1 fully saturated rings. The number of pyridine rings is 1. The number of sulfonamides is 1. The minimum Gasteiger partial charge on any atom is -0.481 e. The van der Waals surface area contributed by atoms with E-state index < -0.39 is 16.1 Å². The van der Waals surface area contributed by atoms with Crippen molar-refractivity contribution < 1.29 is 22.7 Å². The van der Waals surface area contributed by atoms with Gasteiger partial charge in [-0.05, 0) is 6.07 Å². The first kappa shape index (κ1) is 18.7. The topological polar surface area (TPSA) is 110 Å². The number of ether oxygens (including phenoxy) is 2. The summed E-state index contributed by atoms with van der Waals surface area (Å²) >= 11 is 5.86. The molecule has 2 heterocycles. The predicted molar refractivity (Wildman–Crippen MR) is 89.0 cm³/mol. The Morgan fingerprint density at radius 3 is 2.96 bits per heavy atom. The Morgan fingerprint density at radius 1 is 1.54 bits per heavy atom. The van der Waals surface area contributed by atoms with Crippen LogP contribution in [0.4, 0.5) is 10.5 Å². The predicted octanol–water partition coefficient (Wildman–Crippen LogP) is 0.526. The van der Waals surface area contributed by atoms with E-state index in [1.165, 1.54) is 13.2 Å². The third-order valence-corrected chi connectivity index (χ3v) is 4.11. The average molecular weight is 379 g/mol. The zero-order chi connectivity index (χ0) is 17.7. The fourth-order valence-corrected chi connectivity index (χ4v) is 2.81. The number of nitrogens with one attached hydrogen (secondary N) is 2. The highest BCUT2D eigenvalue weighted by atomic mass is 35.5. The zero-order valence-electron chi connectivity index (χ0n) is 13.3. The molecule has 1 aliphatic rings. The highest BCUT2D eigenvalue weighted by molar-refractivity contribution is 7.88. The number of urea groups is 1. The van der Waals surface area contributed by atoms with Crippen LogP contribution in [0.1, 0.15) is 0 Å². The molecule has 1 aromatic heterocycles. The maximum absolute atomic E-state index is 12.3. The minimum absolute atomic E-state index is 0.109. The molecular weight excluding hydrogens is 360 g/mol. The molecule has 1 aliphatic heterocycles. The number of amides is 2. The highest BCUT2D eigenvalue weighted by Crippen LogP contribution is 2.20. The molecule has 2 rings (SSSR count). The monoisotopic (exact) mass is 378 g/mol. The van der Waals surface area contributed by atoms with Gasteiger partial charge in [-0.15, -0.1) is 0 Å². The molecule has 0 radical (unpaired) electrons. The molecule has 11 heteroatoms. The van der Waals surface area contributed by atoms with Gasteiger partial charge in [0.05, 0.1) is 31.8 Å². The van der Waals surface area contributed by atoms with E-state index in [2.05, 4.69) is 15.0 Å². The molecule has 1 unspecified atom stereocenters. The molecule has 134 valence electrons. The summed E-state index contributed by atoms with van der Waals surface area (Å²) < 4.78 is 35.1. The standard InChI is InChI=1S/C13H19ClN4O5S/c1-22-12-6-9(5-11(14)17-12)16-13(19)18-3-4-23-10(8-18)7-15-24(2,20)21/h5-6,10,15H,3-4,7-8H2,1-2H3,(H,16,17,19).